The van der Waals surface area contributed by atoms with Gasteiger partial charge in [0, 0.05) is 18.2 Å². The molecular weight excluding hydrogens is 222 g/mol. The van der Waals surface area contributed by atoms with Crippen molar-refractivity contribution in [2.75, 3.05) is 17.8 Å². The van der Waals surface area contributed by atoms with E-state index in [-0.39, 0.29) is 12.8 Å². The zero-order valence-corrected chi connectivity index (χ0v) is 9.16. The van der Waals surface area contributed by atoms with Gasteiger partial charge in [0.25, 0.3) is 0 Å². The molecule has 1 aromatic rings. The first-order valence-corrected chi connectivity index (χ1v) is 5.49. The van der Waals surface area contributed by atoms with Crippen LogP contribution in [0.1, 0.15) is 12.8 Å². The van der Waals surface area contributed by atoms with Gasteiger partial charge in [-0.05, 0) is 12.8 Å². The molecule has 0 saturated heterocycles. The van der Waals surface area contributed by atoms with Crippen LogP contribution in [0, 0.1) is 0 Å². The van der Waals surface area contributed by atoms with E-state index in [1.807, 2.05) is 0 Å². The van der Waals surface area contributed by atoms with Crippen LogP contribution in [0.5, 0.6) is 11.5 Å². The summed E-state index contributed by atoms with van der Waals surface area (Å²) >= 11 is 0. The lowest BCUT2D eigenvalue weighted by Crippen LogP contribution is -2.30. The molecule has 0 spiro atoms. The number of benzene rings is 1. The Morgan fingerprint density at radius 2 is 2.00 bits per heavy atom. The standard InChI is InChI=1S/C11H13N3O3/c12-7-3-9-10(17-5-16-9)4-8(7)14-11(15)13-6-1-2-6/h3-4,6H,1-2,5,12H2,(H2,13,14,15). The van der Waals surface area contributed by atoms with E-state index in [0.717, 1.165) is 12.8 Å². The summed E-state index contributed by atoms with van der Waals surface area (Å²) in [6, 6.07) is 3.39. The minimum Gasteiger partial charge on any atom is -0.454 e. The first-order chi connectivity index (χ1) is 8.22. The molecule has 0 bridgehead atoms. The van der Waals surface area contributed by atoms with Gasteiger partial charge in [-0.25, -0.2) is 4.79 Å². The highest BCUT2D eigenvalue weighted by molar-refractivity contribution is 5.93. The van der Waals surface area contributed by atoms with Crippen LogP contribution in [0.15, 0.2) is 12.1 Å². The summed E-state index contributed by atoms with van der Waals surface area (Å²) in [5.74, 6) is 1.21. The fraction of sp³-hybridized carbons (Fsp3) is 0.364. The Balaban J connectivity index is 1.75. The first kappa shape index (κ1) is 10.1. The number of amides is 2. The normalized spacial score (nSPS) is 16.7. The molecule has 1 fully saturated rings. The second-order valence-electron chi connectivity index (χ2n) is 4.17. The number of fused-ring (bicyclic) bond motifs is 1. The van der Waals surface area contributed by atoms with Gasteiger partial charge in [0.15, 0.2) is 11.5 Å². The number of nitrogen functional groups attached to an aromatic ring is 1. The first-order valence-electron chi connectivity index (χ1n) is 5.49. The highest BCUT2D eigenvalue weighted by Crippen LogP contribution is 2.38. The maximum absolute atomic E-state index is 11.6. The number of anilines is 2. The van der Waals surface area contributed by atoms with Crippen LogP contribution < -0.4 is 25.8 Å². The monoisotopic (exact) mass is 235 g/mol. The molecule has 6 nitrogen and oxygen atoms in total. The summed E-state index contributed by atoms with van der Waals surface area (Å²) in [6.45, 7) is 0.187. The number of nitrogens with two attached hydrogens (primary N) is 1. The summed E-state index contributed by atoms with van der Waals surface area (Å²) in [5.41, 5.74) is 6.80. The molecule has 0 aromatic heterocycles. The Labute approximate surface area is 98.1 Å². The lowest BCUT2D eigenvalue weighted by Gasteiger charge is -2.09. The van der Waals surface area contributed by atoms with Crippen molar-refractivity contribution in [1.82, 2.24) is 5.32 Å². The van der Waals surface area contributed by atoms with Crippen molar-refractivity contribution >= 4 is 17.4 Å². The third-order valence-electron chi connectivity index (χ3n) is 2.71. The summed E-state index contributed by atoms with van der Waals surface area (Å²) in [4.78, 5) is 11.6. The zero-order valence-electron chi connectivity index (χ0n) is 9.16. The van der Waals surface area contributed by atoms with E-state index in [9.17, 15) is 4.79 Å². The molecule has 0 radical (unpaired) electrons. The SMILES string of the molecule is Nc1cc2c(cc1NC(=O)NC1CC1)OCO2. The molecular formula is C11H13N3O3. The maximum Gasteiger partial charge on any atom is 0.319 e. The van der Waals surface area contributed by atoms with Crippen molar-refractivity contribution in [2.45, 2.75) is 18.9 Å². The van der Waals surface area contributed by atoms with Crippen LogP contribution in [-0.2, 0) is 0 Å². The van der Waals surface area contributed by atoms with Gasteiger partial charge in [-0.2, -0.15) is 0 Å². The molecule has 1 aliphatic heterocycles. The van der Waals surface area contributed by atoms with Crippen molar-refractivity contribution in [1.29, 1.82) is 0 Å². The molecule has 1 aromatic carbocycles. The molecule has 17 heavy (non-hydrogen) atoms. The Bertz CT molecular complexity index is 471. The van der Waals surface area contributed by atoms with Crippen LogP contribution in [0.25, 0.3) is 0 Å². The van der Waals surface area contributed by atoms with Crippen LogP contribution in [0.4, 0.5) is 16.2 Å². The Hall–Kier alpha value is -2.11. The fourth-order valence-corrected chi connectivity index (χ4v) is 1.64. The van der Waals surface area contributed by atoms with Crippen LogP contribution in [-0.4, -0.2) is 18.9 Å². The Kier molecular flexibility index (Phi) is 2.21. The summed E-state index contributed by atoms with van der Waals surface area (Å²) in [6.07, 6.45) is 2.09. The van der Waals surface area contributed by atoms with Crippen LogP contribution >= 0.6 is 0 Å². The minimum absolute atomic E-state index is 0.187. The second kappa shape index (κ2) is 3.73. The second-order valence-corrected chi connectivity index (χ2v) is 4.17. The number of hydrogen-bond acceptors (Lipinski definition) is 4. The van der Waals surface area contributed by atoms with E-state index in [1.54, 1.807) is 12.1 Å². The van der Waals surface area contributed by atoms with Crippen molar-refractivity contribution in [3.05, 3.63) is 12.1 Å². The number of carbonyl (C=O) groups excluding carboxylic acids is 1. The van der Waals surface area contributed by atoms with Gasteiger partial charge in [0.1, 0.15) is 0 Å². The van der Waals surface area contributed by atoms with Gasteiger partial charge in [0.05, 0.1) is 11.4 Å². The third kappa shape index (κ3) is 2.06. The predicted octanol–water partition coefficient (Wildman–Crippen LogP) is 1.28. The number of hydrogen-bond donors (Lipinski definition) is 3. The molecule has 1 heterocycles. The number of nitrogens with one attached hydrogen (secondary N) is 2. The highest BCUT2D eigenvalue weighted by atomic mass is 16.7. The maximum atomic E-state index is 11.6. The zero-order chi connectivity index (χ0) is 11.8. The lowest BCUT2D eigenvalue weighted by atomic mass is 10.2. The van der Waals surface area contributed by atoms with Crippen molar-refractivity contribution in [3.63, 3.8) is 0 Å². The van der Waals surface area contributed by atoms with E-state index >= 15 is 0 Å². The predicted molar refractivity (Wildman–Crippen MR) is 62.2 cm³/mol. The smallest absolute Gasteiger partial charge is 0.319 e. The summed E-state index contributed by atoms with van der Waals surface area (Å²) < 4.78 is 10.4. The Morgan fingerprint density at radius 1 is 1.29 bits per heavy atom. The average Bonchev–Trinajstić information content (AvgIpc) is 2.97. The molecule has 2 aliphatic rings. The molecule has 2 amide bonds. The van der Waals surface area contributed by atoms with E-state index in [2.05, 4.69) is 10.6 Å². The Morgan fingerprint density at radius 3 is 2.71 bits per heavy atom. The summed E-state index contributed by atoms with van der Waals surface area (Å²) in [7, 11) is 0. The minimum atomic E-state index is -0.238. The van der Waals surface area contributed by atoms with Gasteiger partial charge < -0.3 is 25.8 Å². The van der Waals surface area contributed by atoms with E-state index in [0.29, 0.717) is 28.9 Å². The number of ether oxygens (including phenoxy) is 2. The van der Waals surface area contributed by atoms with E-state index in [4.69, 9.17) is 15.2 Å². The quantitative estimate of drug-likeness (QED) is 0.674. The molecule has 90 valence electrons. The molecule has 0 unspecified atom stereocenters. The summed E-state index contributed by atoms with van der Waals surface area (Å²) in [5, 5.41) is 5.52. The number of urea groups is 1. The van der Waals surface area contributed by atoms with Gasteiger partial charge >= 0.3 is 6.03 Å². The molecule has 3 rings (SSSR count). The van der Waals surface area contributed by atoms with Crippen molar-refractivity contribution in [2.24, 2.45) is 0 Å². The van der Waals surface area contributed by atoms with Crippen molar-refractivity contribution < 1.29 is 14.3 Å². The van der Waals surface area contributed by atoms with Crippen LogP contribution in [0.3, 0.4) is 0 Å². The third-order valence-corrected chi connectivity index (χ3v) is 2.71. The lowest BCUT2D eigenvalue weighted by molar-refractivity contribution is 0.174. The molecule has 1 saturated carbocycles. The van der Waals surface area contributed by atoms with Crippen molar-refractivity contribution in [3.8, 4) is 11.5 Å². The fourth-order valence-electron chi connectivity index (χ4n) is 1.64. The van der Waals surface area contributed by atoms with Gasteiger partial charge in [-0.1, -0.05) is 0 Å². The van der Waals surface area contributed by atoms with Gasteiger partial charge in [-0.3, -0.25) is 0 Å². The molecule has 4 N–H and O–H groups in total. The van der Waals surface area contributed by atoms with E-state index < -0.39 is 0 Å². The largest absolute Gasteiger partial charge is 0.454 e. The topological polar surface area (TPSA) is 85.6 Å². The van der Waals surface area contributed by atoms with Gasteiger partial charge in [-0.15, -0.1) is 0 Å². The van der Waals surface area contributed by atoms with Crippen LogP contribution in [0.2, 0.25) is 0 Å². The molecule has 6 heteroatoms. The number of rotatable bonds is 2. The van der Waals surface area contributed by atoms with E-state index in [1.165, 1.54) is 0 Å². The average molecular weight is 235 g/mol. The molecule has 0 atom stereocenters. The number of carbonyl (C=O) groups is 1. The van der Waals surface area contributed by atoms with Gasteiger partial charge in [0.2, 0.25) is 6.79 Å². The molecule has 1 aliphatic carbocycles. The highest BCUT2D eigenvalue weighted by Gasteiger charge is 2.24.